The van der Waals surface area contributed by atoms with Crippen molar-refractivity contribution in [2.75, 3.05) is 31.5 Å². The second-order valence-electron chi connectivity index (χ2n) is 5.81. The van der Waals surface area contributed by atoms with E-state index in [0.717, 1.165) is 25.3 Å². The average Bonchev–Trinajstić information content (AvgIpc) is 2.97. The largest absolute Gasteiger partial charge is 0.325 e. The maximum atomic E-state index is 12.1. The van der Waals surface area contributed by atoms with Crippen LogP contribution >= 0.6 is 11.6 Å². The molecule has 1 amide bonds. The van der Waals surface area contributed by atoms with Crippen molar-refractivity contribution in [3.05, 3.63) is 29.3 Å². The van der Waals surface area contributed by atoms with Gasteiger partial charge in [0.2, 0.25) is 5.91 Å². The topological polar surface area (TPSA) is 44.4 Å². The summed E-state index contributed by atoms with van der Waals surface area (Å²) in [5.41, 5.74) is 0.799. The molecule has 3 rings (SSSR count). The van der Waals surface area contributed by atoms with Gasteiger partial charge in [0, 0.05) is 23.3 Å². The van der Waals surface area contributed by atoms with Gasteiger partial charge in [-0.25, -0.2) is 0 Å². The van der Waals surface area contributed by atoms with E-state index in [2.05, 4.69) is 22.5 Å². The van der Waals surface area contributed by atoms with Crippen LogP contribution in [-0.4, -0.2) is 43.0 Å². The van der Waals surface area contributed by atoms with Crippen molar-refractivity contribution in [3.63, 3.8) is 0 Å². The quantitative estimate of drug-likeness (QED) is 0.893. The molecule has 0 radical (unpaired) electrons. The minimum atomic E-state index is 0.0482. The number of halogens is 1. The summed E-state index contributed by atoms with van der Waals surface area (Å²) in [6.07, 6.45) is 0. The standard InChI is InChI=1S/C15H20ClN3O/c1-10-14-7-17-6-11(14)8-19(10)9-15(20)18-13-4-2-12(16)3-5-13/h2-5,10-11,14,17H,6-9H2,1H3,(H,18,20). The number of hydrogen-bond donors (Lipinski definition) is 2. The Labute approximate surface area is 124 Å². The lowest BCUT2D eigenvalue weighted by Crippen LogP contribution is -2.38. The van der Waals surface area contributed by atoms with Gasteiger partial charge < -0.3 is 10.6 Å². The molecule has 1 aromatic carbocycles. The molecule has 0 aliphatic carbocycles. The number of carbonyl (C=O) groups is 1. The summed E-state index contributed by atoms with van der Waals surface area (Å²) in [6.45, 7) is 5.89. The Kier molecular flexibility index (Phi) is 3.96. The van der Waals surface area contributed by atoms with Crippen molar-refractivity contribution in [2.24, 2.45) is 11.8 Å². The Balaban J connectivity index is 1.55. The third kappa shape index (κ3) is 2.82. The highest BCUT2D eigenvalue weighted by molar-refractivity contribution is 6.30. The average molecular weight is 294 g/mol. The maximum Gasteiger partial charge on any atom is 0.238 e. The van der Waals surface area contributed by atoms with Crippen molar-refractivity contribution in [1.82, 2.24) is 10.2 Å². The fourth-order valence-electron chi connectivity index (χ4n) is 3.38. The number of benzene rings is 1. The molecule has 4 nitrogen and oxygen atoms in total. The highest BCUT2D eigenvalue weighted by Crippen LogP contribution is 2.31. The van der Waals surface area contributed by atoms with E-state index in [1.54, 1.807) is 12.1 Å². The van der Waals surface area contributed by atoms with E-state index in [9.17, 15) is 4.79 Å². The zero-order chi connectivity index (χ0) is 14.1. The number of nitrogens with one attached hydrogen (secondary N) is 2. The molecular formula is C15H20ClN3O. The zero-order valence-corrected chi connectivity index (χ0v) is 12.4. The number of rotatable bonds is 3. The fraction of sp³-hybridized carbons (Fsp3) is 0.533. The predicted octanol–water partition coefficient (Wildman–Crippen LogP) is 1.82. The van der Waals surface area contributed by atoms with Gasteiger partial charge in [0.25, 0.3) is 0 Å². The summed E-state index contributed by atoms with van der Waals surface area (Å²) >= 11 is 5.83. The van der Waals surface area contributed by atoms with E-state index in [1.807, 2.05) is 12.1 Å². The fourth-order valence-corrected chi connectivity index (χ4v) is 3.51. The minimum Gasteiger partial charge on any atom is -0.325 e. The van der Waals surface area contributed by atoms with Crippen LogP contribution in [-0.2, 0) is 4.79 Å². The summed E-state index contributed by atoms with van der Waals surface area (Å²) in [4.78, 5) is 14.4. The molecule has 2 saturated heterocycles. The molecule has 2 heterocycles. The Morgan fingerprint density at radius 1 is 1.40 bits per heavy atom. The van der Waals surface area contributed by atoms with Crippen LogP contribution in [0.3, 0.4) is 0 Å². The number of fused-ring (bicyclic) bond motifs is 1. The third-order valence-electron chi connectivity index (χ3n) is 4.53. The van der Waals surface area contributed by atoms with Gasteiger partial charge in [0.1, 0.15) is 0 Å². The van der Waals surface area contributed by atoms with Gasteiger partial charge >= 0.3 is 0 Å². The molecule has 0 saturated carbocycles. The lowest BCUT2D eigenvalue weighted by molar-refractivity contribution is -0.117. The molecule has 0 bridgehead atoms. The Hall–Kier alpha value is -1.10. The van der Waals surface area contributed by atoms with Crippen LogP contribution < -0.4 is 10.6 Å². The van der Waals surface area contributed by atoms with E-state index in [0.29, 0.717) is 29.4 Å². The lowest BCUT2D eigenvalue weighted by atomic mass is 9.95. The summed E-state index contributed by atoms with van der Waals surface area (Å²) in [7, 11) is 0. The molecule has 2 N–H and O–H groups in total. The van der Waals surface area contributed by atoms with Gasteiger partial charge in [-0.15, -0.1) is 0 Å². The first kappa shape index (κ1) is 13.9. The highest BCUT2D eigenvalue weighted by Gasteiger charge is 2.41. The molecule has 0 aromatic heterocycles. The SMILES string of the molecule is CC1C2CNCC2CN1CC(=O)Nc1ccc(Cl)cc1. The molecule has 2 aliphatic heterocycles. The molecular weight excluding hydrogens is 274 g/mol. The molecule has 3 atom stereocenters. The lowest BCUT2D eigenvalue weighted by Gasteiger charge is -2.23. The molecule has 2 aliphatic rings. The normalized spacial score (nSPS) is 29.4. The Morgan fingerprint density at radius 2 is 2.15 bits per heavy atom. The van der Waals surface area contributed by atoms with Crippen LogP contribution in [0.4, 0.5) is 5.69 Å². The van der Waals surface area contributed by atoms with Gasteiger partial charge in [-0.1, -0.05) is 11.6 Å². The number of likely N-dealkylation sites (tertiary alicyclic amines) is 1. The molecule has 108 valence electrons. The van der Waals surface area contributed by atoms with Crippen LogP contribution in [0.2, 0.25) is 5.02 Å². The highest BCUT2D eigenvalue weighted by atomic mass is 35.5. The van der Waals surface area contributed by atoms with Gasteiger partial charge in [0.15, 0.2) is 0 Å². The third-order valence-corrected chi connectivity index (χ3v) is 4.78. The molecule has 20 heavy (non-hydrogen) atoms. The minimum absolute atomic E-state index is 0.0482. The monoisotopic (exact) mass is 293 g/mol. The first-order chi connectivity index (χ1) is 9.63. The van der Waals surface area contributed by atoms with Crippen LogP contribution in [0.5, 0.6) is 0 Å². The van der Waals surface area contributed by atoms with Crippen LogP contribution in [0.15, 0.2) is 24.3 Å². The molecule has 3 unspecified atom stereocenters. The summed E-state index contributed by atoms with van der Waals surface area (Å²) in [6, 6.07) is 7.70. The van der Waals surface area contributed by atoms with Gasteiger partial charge in [-0.3, -0.25) is 9.69 Å². The van der Waals surface area contributed by atoms with E-state index >= 15 is 0 Å². The molecule has 0 spiro atoms. The second-order valence-corrected chi connectivity index (χ2v) is 6.24. The van der Waals surface area contributed by atoms with Gasteiger partial charge in [-0.2, -0.15) is 0 Å². The van der Waals surface area contributed by atoms with Crippen molar-refractivity contribution in [1.29, 1.82) is 0 Å². The number of hydrogen-bond acceptors (Lipinski definition) is 3. The van der Waals surface area contributed by atoms with Crippen LogP contribution in [0.1, 0.15) is 6.92 Å². The van der Waals surface area contributed by atoms with Crippen molar-refractivity contribution < 1.29 is 4.79 Å². The number of nitrogens with zero attached hydrogens (tertiary/aromatic N) is 1. The number of amides is 1. The van der Waals surface area contributed by atoms with Gasteiger partial charge in [0.05, 0.1) is 6.54 Å². The van der Waals surface area contributed by atoms with E-state index < -0.39 is 0 Å². The predicted molar refractivity (Wildman–Crippen MR) is 81.0 cm³/mol. The van der Waals surface area contributed by atoms with Gasteiger partial charge in [-0.05, 0) is 56.1 Å². The van der Waals surface area contributed by atoms with E-state index in [4.69, 9.17) is 11.6 Å². The molecule has 1 aromatic rings. The zero-order valence-electron chi connectivity index (χ0n) is 11.6. The summed E-state index contributed by atoms with van der Waals surface area (Å²) in [5, 5.41) is 7.04. The van der Waals surface area contributed by atoms with Crippen molar-refractivity contribution >= 4 is 23.2 Å². The molecule has 5 heteroatoms. The second kappa shape index (κ2) is 5.72. The molecule has 2 fully saturated rings. The summed E-state index contributed by atoms with van der Waals surface area (Å²) in [5.74, 6) is 1.44. The van der Waals surface area contributed by atoms with Crippen LogP contribution in [0, 0.1) is 11.8 Å². The smallest absolute Gasteiger partial charge is 0.238 e. The first-order valence-corrected chi connectivity index (χ1v) is 7.51. The Morgan fingerprint density at radius 3 is 2.85 bits per heavy atom. The number of anilines is 1. The Bertz CT molecular complexity index is 490. The van der Waals surface area contributed by atoms with E-state index in [1.165, 1.54) is 0 Å². The number of carbonyl (C=O) groups excluding carboxylic acids is 1. The van der Waals surface area contributed by atoms with E-state index in [-0.39, 0.29) is 5.91 Å². The van der Waals surface area contributed by atoms with Crippen molar-refractivity contribution in [3.8, 4) is 0 Å². The van der Waals surface area contributed by atoms with Crippen LogP contribution in [0.25, 0.3) is 0 Å². The van der Waals surface area contributed by atoms with Crippen molar-refractivity contribution in [2.45, 2.75) is 13.0 Å². The summed E-state index contributed by atoms with van der Waals surface area (Å²) < 4.78 is 0. The maximum absolute atomic E-state index is 12.1. The first-order valence-electron chi connectivity index (χ1n) is 7.13.